The summed E-state index contributed by atoms with van der Waals surface area (Å²) in [6.07, 6.45) is 3.04. The number of nitrogens with zero attached hydrogens (tertiary/aromatic N) is 3. The van der Waals surface area contributed by atoms with Crippen molar-refractivity contribution < 1.29 is 8.42 Å². The van der Waals surface area contributed by atoms with Crippen LogP contribution in [0.15, 0.2) is 47.5 Å². The molecular formula is C20H27ClN4O2S. The van der Waals surface area contributed by atoms with Crippen molar-refractivity contribution in [1.29, 1.82) is 0 Å². The molecule has 2 aromatic rings. The van der Waals surface area contributed by atoms with E-state index in [0.29, 0.717) is 6.54 Å². The van der Waals surface area contributed by atoms with E-state index in [0.717, 1.165) is 45.6 Å². The zero-order valence-corrected chi connectivity index (χ0v) is 17.7. The number of aromatic nitrogens is 1. The molecule has 0 atom stereocenters. The summed E-state index contributed by atoms with van der Waals surface area (Å²) in [4.78, 5) is 8.84. The largest absolute Gasteiger partial charge is 0.369 e. The molecule has 152 valence electrons. The minimum Gasteiger partial charge on any atom is -0.369 e. The van der Waals surface area contributed by atoms with Crippen molar-refractivity contribution in [2.45, 2.75) is 24.7 Å². The van der Waals surface area contributed by atoms with Gasteiger partial charge in [-0.3, -0.25) is 4.90 Å². The van der Waals surface area contributed by atoms with E-state index >= 15 is 0 Å². The lowest BCUT2D eigenvalue weighted by molar-refractivity contribution is 0.253. The maximum absolute atomic E-state index is 12.2. The van der Waals surface area contributed by atoms with Crippen LogP contribution in [0.4, 0.5) is 5.69 Å². The highest BCUT2D eigenvalue weighted by Crippen LogP contribution is 2.18. The topological polar surface area (TPSA) is 65.5 Å². The molecule has 0 radical (unpaired) electrons. The minimum atomic E-state index is -3.52. The lowest BCUT2D eigenvalue weighted by Crippen LogP contribution is -2.46. The quantitative estimate of drug-likeness (QED) is 0.523. The number of piperazine rings is 1. The second-order valence-corrected chi connectivity index (χ2v) is 9.24. The normalized spacial score (nSPS) is 15.7. The summed E-state index contributed by atoms with van der Waals surface area (Å²) in [6, 6.07) is 11.6. The maximum atomic E-state index is 12.2. The molecule has 1 aromatic carbocycles. The first-order valence-electron chi connectivity index (χ1n) is 9.59. The van der Waals surface area contributed by atoms with Crippen LogP contribution < -0.4 is 9.62 Å². The first-order valence-corrected chi connectivity index (χ1v) is 11.5. The predicted molar refractivity (Wildman–Crippen MR) is 114 cm³/mol. The average Bonchev–Trinajstić information content (AvgIpc) is 2.68. The third kappa shape index (κ3) is 5.91. The van der Waals surface area contributed by atoms with E-state index in [2.05, 4.69) is 50.7 Å². The summed E-state index contributed by atoms with van der Waals surface area (Å²) in [7, 11) is -3.52. The lowest BCUT2D eigenvalue weighted by Gasteiger charge is -2.36. The van der Waals surface area contributed by atoms with Crippen LogP contribution in [0.1, 0.15) is 18.4 Å². The van der Waals surface area contributed by atoms with E-state index < -0.39 is 10.0 Å². The summed E-state index contributed by atoms with van der Waals surface area (Å²) in [5.74, 6) is 0. The van der Waals surface area contributed by atoms with Gasteiger partial charge in [-0.2, -0.15) is 0 Å². The first-order chi connectivity index (χ1) is 13.4. The summed E-state index contributed by atoms with van der Waals surface area (Å²) in [5.41, 5.74) is 2.59. The Hall–Kier alpha value is -1.67. The molecule has 0 spiro atoms. The summed E-state index contributed by atoms with van der Waals surface area (Å²) >= 11 is 5.70. The molecule has 0 amide bonds. The summed E-state index contributed by atoms with van der Waals surface area (Å²) in [5, 5.41) is 0.279. The number of hydrogen-bond donors (Lipinski definition) is 1. The second kappa shape index (κ2) is 9.69. The molecule has 28 heavy (non-hydrogen) atoms. The zero-order valence-electron chi connectivity index (χ0n) is 16.1. The van der Waals surface area contributed by atoms with Crippen LogP contribution in [-0.2, 0) is 10.0 Å². The van der Waals surface area contributed by atoms with Crippen LogP contribution in [0.3, 0.4) is 0 Å². The first kappa shape index (κ1) is 21.0. The molecule has 3 rings (SSSR count). The van der Waals surface area contributed by atoms with Crippen LogP contribution in [0.25, 0.3) is 0 Å². The smallest absolute Gasteiger partial charge is 0.242 e. The van der Waals surface area contributed by atoms with Crippen molar-refractivity contribution in [2.24, 2.45) is 0 Å². The highest BCUT2D eigenvalue weighted by molar-refractivity contribution is 7.89. The molecular weight excluding hydrogens is 396 g/mol. The van der Waals surface area contributed by atoms with Crippen molar-refractivity contribution in [3.63, 3.8) is 0 Å². The van der Waals surface area contributed by atoms with Gasteiger partial charge in [-0.05, 0) is 56.1 Å². The Morgan fingerprint density at radius 1 is 1.11 bits per heavy atom. The Bertz CT molecular complexity index is 866. The van der Waals surface area contributed by atoms with Crippen molar-refractivity contribution in [3.05, 3.63) is 53.3 Å². The third-order valence-electron chi connectivity index (χ3n) is 4.94. The van der Waals surface area contributed by atoms with Gasteiger partial charge >= 0.3 is 0 Å². The molecule has 1 aliphatic heterocycles. The number of nitrogens with one attached hydrogen (secondary N) is 1. The van der Waals surface area contributed by atoms with Crippen LogP contribution in [-0.4, -0.2) is 57.6 Å². The molecule has 1 saturated heterocycles. The standard InChI is InChI=1S/C20H27ClN4O2S/c1-17-5-4-6-18(15-17)25-13-11-24(12-14-25)10-3-2-9-23-28(26,27)19-7-8-20(21)22-16-19/h4-8,15-16,23H,2-3,9-14H2,1H3. The molecule has 6 nitrogen and oxygen atoms in total. The van der Waals surface area contributed by atoms with E-state index in [1.165, 1.54) is 29.6 Å². The van der Waals surface area contributed by atoms with Crippen molar-refractivity contribution in [2.75, 3.05) is 44.2 Å². The number of rotatable bonds is 8. The molecule has 1 fully saturated rings. The van der Waals surface area contributed by atoms with Gasteiger partial charge in [-0.1, -0.05) is 23.7 Å². The van der Waals surface area contributed by atoms with E-state index in [1.807, 2.05) is 0 Å². The minimum absolute atomic E-state index is 0.143. The van der Waals surface area contributed by atoms with Crippen LogP contribution in [0, 0.1) is 6.92 Å². The second-order valence-electron chi connectivity index (χ2n) is 7.09. The SMILES string of the molecule is Cc1cccc(N2CCN(CCCCNS(=O)(=O)c3ccc(Cl)nc3)CC2)c1. The average molecular weight is 423 g/mol. The Balaban J connectivity index is 1.34. The fourth-order valence-corrected chi connectivity index (χ4v) is 4.46. The Morgan fingerprint density at radius 2 is 1.89 bits per heavy atom. The summed E-state index contributed by atoms with van der Waals surface area (Å²) < 4.78 is 27.0. The van der Waals surface area contributed by atoms with Gasteiger partial charge in [-0.15, -0.1) is 0 Å². The number of unbranched alkanes of at least 4 members (excludes halogenated alkanes) is 1. The van der Waals surface area contributed by atoms with E-state index in [1.54, 1.807) is 0 Å². The molecule has 1 aromatic heterocycles. The van der Waals surface area contributed by atoms with Gasteiger partial charge in [0, 0.05) is 44.6 Å². The molecule has 8 heteroatoms. The molecule has 0 bridgehead atoms. The number of benzene rings is 1. The van der Waals surface area contributed by atoms with Crippen LogP contribution >= 0.6 is 11.6 Å². The highest BCUT2D eigenvalue weighted by Gasteiger charge is 2.17. The number of anilines is 1. The monoisotopic (exact) mass is 422 g/mol. The number of aryl methyl sites for hydroxylation is 1. The third-order valence-corrected chi connectivity index (χ3v) is 6.61. The van der Waals surface area contributed by atoms with Crippen molar-refractivity contribution in [3.8, 4) is 0 Å². The number of sulfonamides is 1. The van der Waals surface area contributed by atoms with Gasteiger partial charge in [0.05, 0.1) is 0 Å². The van der Waals surface area contributed by atoms with E-state index in [4.69, 9.17) is 11.6 Å². The van der Waals surface area contributed by atoms with Gasteiger partial charge in [0.1, 0.15) is 10.0 Å². The number of halogens is 1. The Labute approximate surface area is 172 Å². The van der Waals surface area contributed by atoms with Crippen LogP contribution in [0.5, 0.6) is 0 Å². The molecule has 1 N–H and O–H groups in total. The maximum Gasteiger partial charge on any atom is 0.242 e. The lowest BCUT2D eigenvalue weighted by atomic mass is 10.2. The fraction of sp³-hybridized carbons (Fsp3) is 0.450. The molecule has 0 aliphatic carbocycles. The van der Waals surface area contributed by atoms with Gasteiger partial charge in [0.2, 0.25) is 10.0 Å². The van der Waals surface area contributed by atoms with E-state index in [9.17, 15) is 8.42 Å². The number of hydrogen-bond acceptors (Lipinski definition) is 5. The summed E-state index contributed by atoms with van der Waals surface area (Å²) in [6.45, 7) is 7.67. The van der Waals surface area contributed by atoms with Crippen molar-refractivity contribution >= 4 is 27.3 Å². The number of pyridine rings is 1. The van der Waals surface area contributed by atoms with Gasteiger partial charge < -0.3 is 4.90 Å². The van der Waals surface area contributed by atoms with Gasteiger partial charge in [-0.25, -0.2) is 18.1 Å². The molecule has 0 unspecified atom stereocenters. The fourth-order valence-electron chi connectivity index (χ4n) is 3.33. The van der Waals surface area contributed by atoms with Crippen LogP contribution in [0.2, 0.25) is 5.15 Å². The van der Waals surface area contributed by atoms with Gasteiger partial charge in [0.15, 0.2) is 0 Å². The molecule has 0 saturated carbocycles. The highest BCUT2D eigenvalue weighted by atomic mass is 35.5. The predicted octanol–water partition coefficient (Wildman–Crippen LogP) is 2.92. The molecule has 2 heterocycles. The Kier molecular flexibility index (Phi) is 7.29. The molecule has 1 aliphatic rings. The van der Waals surface area contributed by atoms with Crippen molar-refractivity contribution in [1.82, 2.24) is 14.6 Å². The zero-order chi connectivity index (χ0) is 20.0. The van der Waals surface area contributed by atoms with Gasteiger partial charge in [0.25, 0.3) is 0 Å². The Morgan fingerprint density at radius 3 is 2.57 bits per heavy atom. The van der Waals surface area contributed by atoms with E-state index in [-0.39, 0.29) is 10.0 Å².